The molecule has 2 aromatic carbocycles. The van der Waals surface area contributed by atoms with Crippen LogP contribution in [-0.4, -0.2) is 62.3 Å². The van der Waals surface area contributed by atoms with E-state index in [2.05, 4.69) is 62.3 Å². The third-order valence-corrected chi connectivity index (χ3v) is 6.44. The molecule has 4 rings (SSSR count). The molecule has 0 N–H and O–H groups in total. The highest BCUT2D eigenvalue weighted by Gasteiger charge is 2.29. The third kappa shape index (κ3) is 5.38. The van der Waals surface area contributed by atoms with Gasteiger partial charge in [0.2, 0.25) is 0 Å². The summed E-state index contributed by atoms with van der Waals surface area (Å²) in [5.74, 6) is 1.81. The van der Waals surface area contributed by atoms with E-state index < -0.39 is 0 Å². The van der Waals surface area contributed by atoms with Gasteiger partial charge in [-0.2, -0.15) is 0 Å². The van der Waals surface area contributed by atoms with E-state index in [4.69, 9.17) is 9.15 Å². The molecule has 0 radical (unpaired) electrons. The number of furan rings is 1. The van der Waals surface area contributed by atoms with Crippen LogP contribution >= 0.6 is 0 Å². The van der Waals surface area contributed by atoms with Crippen molar-refractivity contribution in [1.29, 1.82) is 0 Å². The van der Waals surface area contributed by atoms with Crippen LogP contribution in [0.4, 0.5) is 0 Å². The molecule has 2 heterocycles. The van der Waals surface area contributed by atoms with E-state index in [1.165, 1.54) is 25.9 Å². The first-order valence-corrected chi connectivity index (χ1v) is 11.5. The van der Waals surface area contributed by atoms with Gasteiger partial charge in [-0.05, 0) is 61.8 Å². The second-order valence-electron chi connectivity index (χ2n) is 9.17. The predicted molar refractivity (Wildman–Crippen MR) is 127 cm³/mol. The second kappa shape index (κ2) is 9.71. The van der Waals surface area contributed by atoms with E-state index in [0.29, 0.717) is 6.04 Å². The van der Waals surface area contributed by atoms with Crippen LogP contribution in [0.3, 0.4) is 0 Å². The highest BCUT2D eigenvalue weighted by Crippen LogP contribution is 2.33. The van der Waals surface area contributed by atoms with Gasteiger partial charge in [-0.1, -0.05) is 37.3 Å². The van der Waals surface area contributed by atoms with Gasteiger partial charge in [0.1, 0.15) is 24.7 Å². The van der Waals surface area contributed by atoms with Crippen molar-refractivity contribution >= 4 is 0 Å². The van der Waals surface area contributed by atoms with E-state index in [0.717, 1.165) is 52.4 Å². The van der Waals surface area contributed by atoms with Gasteiger partial charge >= 0.3 is 0 Å². The van der Waals surface area contributed by atoms with Gasteiger partial charge in [-0.3, -0.25) is 4.90 Å². The Bertz CT molecular complexity index is 947. The molecule has 3 aromatic rings. The van der Waals surface area contributed by atoms with Crippen molar-refractivity contribution in [2.75, 3.05) is 46.9 Å². The van der Waals surface area contributed by atoms with Gasteiger partial charge in [-0.15, -0.1) is 0 Å². The summed E-state index contributed by atoms with van der Waals surface area (Å²) < 4.78 is 12.9. The average Bonchev–Trinajstić information content (AvgIpc) is 3.44. The first-order chi connectivity index (χ1) is 15.1. The fourth-order valence-electron chi connectivity index (χ4n) is 4.67. The number of likely N-dealkylation sites (tertiary alicyclic amines) is 1. The van der Waals surface area contributed by atoms with Gasteiger partial charge < -0.3 is 13.6 Å². The number of likely N-dealkylation sites (N-methyl/N-ethyl adjacent to an activating group) is 2. The molecule has 0 bridgehead atoms. The molecule has 31 heavy (non-hydrogen) atoms. The van der Waals surface area contributed by atoms with E-state index in [-0.39, 0.29) is 0 Å². The molecule has 1 fully saturated rings. The largest absolute Gasteiger partial charge is 0.488 e. The second-order valence-corrected chi connectivity index (χ2v) is 9.17. The molecule has 164 valence electrons. The fourth-order valence-corrected chi connectivity index (χ4v) is 4.67. The van der Waals surface area contributed by atoms with Gasteiger partial charge in [-0.25, -0.2) is 0 Å². The Morgan fingerprint density at radius 1 is 1.00 bits per heavy atom. The average molecular weight is 420 g/mol. The van der Waals surface area contributed by atoms with E-state index in [1.807, 2.05) is 24.3 Å². The summed E-state index contributed by atoms with van der Waals surface area (Å²) in [6, 6.07) is 21.3. The number of nitrogens with zero attached hydrogens (tertiary/aromatic N) is 2. The molecule has 0 saturated carbocycles. The molecular weight excluding hydrogens is 384 g/mol. The number of hydrogen-bond donors (Lipinski definition) is 0. The summed E-state index contributed by atoms with van der Waals surface area (Å²) in [5.41, 5.74) is 3.34. The van der Waals surface area contributed by atoms with Crippen molar-refractivity contribution in [3.63, 3.8) is 0 Å². The molecule has 1 aromatic heterocycles. The summed E-state index contributed by atoms with van der Waals surface area (Å²) in [7, 11) is 4.64. The zero-order valence-corrected chi connectivity index (χ0v) is 19.1. The zero-order valence-electron chi connectivity index (χ0n) is 19.1. The van der Waals surface area contributed by atoms with Crippen molar-refractivity contribution in [2.45, 2.75) is 25.8 Å². The first kappa shape index (κ1) is 21.7. The molecule has 0 aliphatic carbocycles. The van der Waals surface area contributed by atoms with Crippen molar-refractivity contribution in [3.05, 3.63) is 66.9 Å². The lowest BCUT2D eigenvalue weighted by Crippen LogP contribution is -2.50. The molecule has 0 amide bonds. The molecule has 1 aliphatic rings. The molecule has 4 heteroatoms. The summed E-state index contributed by atoms with van der Waals surface area (Å²) in [6.45, 7) is 7.61. The monoisotopic (exact) mass is 419 g/mol. The summed E-state index contributed by atoms with van der Waals surface area (Å²) in [6.07, 6.45) is 4.42. The molecular formula is C27H35N2O2+. The molecule has 1 unspecified atom stereocenters. The van der Waals surface area contributed by atoms with E-state index in [9.17, 15) is 0 Å². The Hall–Kier alpha value is -2.56. The zero-order chi connectivity index (χ0) is 21.7. The van der Waals surface area contributed by atoms with Gasteiger partial charge in [0.25, 0.3) is 0 Å². The minimum Gasteiger partial charge on any atom is -0.488 e. The third-order valence-electron chi connectivity index (χ3n) is 6.44. The lowest BCUT2D eigenvalue weighted by Gasteiger charge is -2.35. The van der Waals surface area contributed by atoms with E-state index >= 15 is 0 Å². The minimum absolute atomic E-state index is 0.714. The van der Waals surface area contributed by atoms with E-state index in [1.54, 1.807) is 6.26 Å². The van der Waals surface area contributed by atoms with Crippen LogP contribution < -0.4 is 4.74 Å². The van der Waals surface area contributed by atoms with Crippen LogP contribution in [0.25, 0.3) is 22.5 Å². The summed E-state index contributed by atoms with van der Waals surface area (Å²) in [4.78, 5) is 2.62. The standard InChI is InChI=1S/C27H35N2O2/c1-4-28-17-8-11-24(28)21-29(2,3)18-20-30-25-14-12-23(13-15-25)27-26(16-19-31-27)22-9-6-5-7-10-22/h5-7,9-10,12-16,19,24H,4,8,11,17-18,20-21H2,1-3H3/q+1. The maximum absolute atomic E-state index is 6.09. The number of benzene rings is 2. The Morgan fingerprint density at radius 2 is 1.77 bits per heavy atom. The molecule has 1 saturated heterocycles. The number of hydrogen-bond acceptors (Lipinski definition) is 3. The molecule has 1 aliphatic heterocycles. The van der Waals surface area contributed by atoms with Crippen LogP contribution in [-0.2, 0) is 0 Å². The van der Waals surface area contributed by atoms with Gasteiger partial charge in [0.05, 0.1) is 32.9 Å². The lowest BCUT2D eigenvalue weighted by atomic mass is 10.0. The maximum Gasteiger partial charge on any atom is 0.141 e. The van der Waals surface area contributed by atoms with Crippen molar-refractivity contribution in [2.24, 2.45) is 0 Å². The van der Waals surface area contributed by atoms with Crippen molar-refractivity contribution in [1.82, 2.24) is 4.90 Å². The normalized spacial score (nSPS) is 17.2. The van der Waals surface area contributed by atoms with Crippen molar-refractivity contribution < 1.29 is 13.6 Å². The van der Waals surface area contributed by atoms with Crippen LogP contribution in [0.1, 0.15) is 19.8 Å². The summed E-state index contributed by atoms with van der Waals surface area (Å²) >= 11 is 0. The Kier molecular flexibility index (Phi) is 6.79. The fraction of sp³-hybridized carbons (Fsp3) is 0.407. The van der Waals surface area contributed by atoms with Gasteiger partial charge in [0, 0.05) is 11.1 Å². The highest BCUT2D eigenvalue weighted by atomic mass is 16.5. The Labute approximate surface area is 186 Å². The number of rotatable bonds is 9. The molecule has 4 nitrogen and oxygen atoms in total. The van der Waals surface area contributed by atoms with Gasteiger partial charge in [0.15, 0.2) is 0 Å². The Balaban J connectivity index is 1.33. The molecule has 1 atom stereocenters. The quantitative estimate of drug-likeness (QED) is 0.425. The van der Waals surface area contributed by atoms with Crippen LogP contribution in [0, 0.1) is 0 Å². The smallest absolute Gasteiger partial charge is 0.141 e. The highest BCUT2D eigenvalue weighted by molar-refractivity contribution is 5.79. The maximum atomic E-state index is 6.09. The predicted octanol–water partition coefficient (Wildman–Crippen LogP) is 5.55. The topological polar surface area (TPSA) is 25.6 Å². The number of quaternary nitrogens is 1. The van der Waals surface area contributed by atoms with Crippen LogP contribution in [0.2, 0.25) is 0 Å². The summed E-state index contributed by atoms with van der Waals surface area (Å²) in [5, 5.41) is 0. The van der Waals surface area contributed by atoms with Crippen molar-refractivity contribution in [3.8, 4) is 28.2 Å². The lowest BCUT2D eigenvalue weighted by molar-refractivity contribution is -0.892. The van der Waals surface area contributed by atoms with Crippen LogP contribution in [0.5, 0.6) is 5.75 Å². The first-order valence-electron chi connectivity index (χ1n) is 11.5. The number of ether oxygens (including phenoxy) is 1. The van der Waals surface area contributed by atoms with Crippen LogP contribution in [0.15, 0.2) is 71.3 Å². The Morgan fingerprint density at radius 3 is 2.52 bits per heavy atom. The SMILES string of the molecule is CCN1CCCC1C[N+](C)(C)CCOc1ccc(-c2occc2-c2ccccc2)cc1. The molecule has 0 spiro atoms. The minimum atomic E-state index is 0.714.